The van der Waals surface area contributed by atoms with Gasteiger partial charge in [0.2, 0.25) is 15.9 Å². The van der Waals surface area contributed by atoms with Crippen LogP contribution in [0.25, 0.3) is 0 Å². The predicted molar refractivity (Wildman–Crippen MR) is 99.9 cm³/mol. The highest BCUT2D eigenvalue weighted by Crippen LogP contribution is 2.25. The lowest BCUT2D eigenvalue weighted by Crippen LogP contribution is -2.37. The number of halogens is 3. The molecular weight excluding hydrogens is 397 g/mol. The van der Waals surface area contributed by atoms with Crippen LogP contribution in [0.4, 0.5) is 24.5 Å². The van der Waals surface area contributed by atoms with Crippen LogP contribution in [-0.2, 0) is 14.8 Å². The largest absolute Gasteiger partial charge is 0.573 e. The maximum Gasteiger partial charge on any atom is 0.573 e. The maximum atomic E-state index is 12.3. The van der Waals surface area contributed by atoms with E-state index in [-0.39, 0.29) is 5.69 Å². The maximum absolute atomic E-state index is 12.3. The van der Waals surface area contributed by atoms with Gasteiger partial charge in [-0.3, -0.25) is 9.10 Å². The number of amides is 1. The van der Waals surface area contributed by atoms with Crippen LogP contribution < -0.4 is 14.4 Å². The quantitative estimate of drug-likeness (QED) is 0.781. The van der Waals surface area contributed by atoms with Gasteiger partial charge in [0, 0.05) is 5.69 Å². The second-order valence-corrected chi connectivity index (χ2v) is 8.09. The lowest BCUT2D eigenvalue weighted by atomic mass is 10.1. The van der Waals surface area contributed by atoms with E-state index in [9.17, 15) is 26.4 Å². The molecule has 0 aromatic heterocycles. The normalized spacial score (nSPS) is 11.8. The fraction of sp³-hybridized carbons (Fsp3) is 0.278. The van der Waals surface area contributed by atoms with E-state index < -0.39 is 34.6 Å². The lowest BCUT2D eigenvalue weighted by molar-refractivity contribution is -0.274. The van der Waals surface area contributed by atoms with Gasteiger partial charge < -0.3 is 10.1 Å². The summed E-state index contributed by atoms with van der Waals surface area (Å²) >= 11 is 0. The topological polar surface area (TPSA) is 75.7 Å². The molecule has 0 bridgehead atoms. The average Bonchev–Trinajstić information content (AvgIpc) is 2.53. The van der Waals surface area contributed by atoms with E-state index in [0.29, 0.717) is 11.3 Å². The minimum atomic E-state index is -4.81. The van der Waals surface area contributed by atoms with Crippen molar-refractivity contribution >= 4 is 27.3 Å². The van der Waals surface area contributed by atoms with Gasteiger partial charge in [-0.15, -0.1) is 13.2 Å². The minimum Gasteiger partial charge on any atom is -0.406 e. The first-order valence-corrected chi connectivity index (χ1v) is 9.90. The number of aryl methyl sites for hydroxylation is 2. The van der Waals surface area contributed by atoms with E-state index in [1.165, 1.54) is 12.1 Å². The summed E-state index contributed by atoms with van der Waals surface area (Å²) in [5.41, 5.74) is 2.21. The first-order chi connectivity index (χ1) is 12.8. The molecule has 0 radical (unpaired) electrons. The van der Waals surface area contributed by atoms with Crippen molar-refractivity contribution < 1.29 is 31.1 Å². The Kier molecular flexibility index (Phi) is 6.23. The molecule has 0 aliphatic rings. The summed E-state index contributed by atoms with van der Waals surface area (Å²) in [6.45, 7) is 3.11. The molecule has 0 fully saturated rings. The molecule has 2 aromatic carbocycles. The average molecular weight is 416 g/mol. The molecule has 1 amide bonds. The van der Waals surface area contributed by atoms with Crippen LogP contribution in [0.15, 0.2) is 42.5 Å². The van der Waals surface area contributed by atoms with Gasteiger partial charge in [-0.1, -0.05) is 17.7 Å². The van der Waals surface area contributed by atoms with E-state index in [1.54, 1.807) is 25.1 Å². The summed E-state index contributed by atoms with van der Waals surface area (Å²) in [4.78, 5) is 12.3. The van der Waals surface area contributed by atoms with Crippen LogP contribution in [-0.4, -0.2) is 33.5 Å². The highest BCUT2D eigenvalue weighted by molar-refractivity contribution is 7.92. The number of rotatable bonds is 6. The summed E-state index contributed by atoms with van der Waals surface area (Å²) < 4.78 is 65.6. The number of hydrogen-bond acceptors (Lipinski definition) is 4. The summed E-state index contributed by atoms with van der Waals surface area (Å²) in [6.07, 6.45) is -3.82. The number of nitrogens with one attached hydrogen (secondary N) is 1. The molecule has 2 rings (SSSR count). The number of anilines is 2. The first-order valence-electron chi connectivity index (χ1n) is 8.06. The van der Waals surface area contributed by atoms with Crippen LogP contribution in [0.2, 0.25) is 0 Å². The van der Waals surface area contributed by atoms with E-state index >= 15 is 0 Å². The Morgan fingerprint density at radius 1 is 1.11 bits per heavy atom. The second-order valence-electron chi connectivity index (χ2n) is 6.18. The predicted octanol–water partition coefficient (Wildman–Crippen LogP) is 3.61. The molecule has 1 N–H and O–H groups in total. The van der Waals surface area contributed by atoms with Gasteiger partial charge in [0.25, 0.3) is 0 Å². The van der Waals surface area contributed by atoms with Gasteiger partial charge in [0.15, 0.2) is 0 Å². The van der Waals surface area contributed by atoms with Crippen molar-refractivity contribution in [1.29, 1.82) is 0 Å². The third-order valence-corrected chi connectivity index (χ3v) is 4.81. The van der Waals surface area contributed by atoms with Gasteiger partial charge in [0.05, 0.1) is 11.9 Å². The van der Waals surface area contributed by atoms with Crippen molar-refractivity contribution in [2.24, 2.45) is 0 Å². The molecule has 2 aromatic rings. The number of carbonyl (C=O) groups excluding carboxylic acids is 1. The Labute approximate surface area is 161 Å². The van der Waals surface area contributed by atoms with Crippen molar-refractivity contribution in [3.8, 4) is 5.75 Å². The third kappa shape index (κ3) is 6.15. The molecule has 10 heteroatoms. The monoisotopic (exact) mass is 416 g/mol. The summed E-state index contributed by atoms with van der Waals surface area (Å²) in [5, 5.41) is 2.45. The molecule has 152 valence electrons. The molecule has 0 heterocycles. The van der Waals surface area contributed by atoms with E-state index in [0.717, 1.165) is 28.3 Å². The molecule has 0 spiro atoms. The van der Waals surface area contributed by atoms with E-state index in [4.69, 9.17) is 0 Å². The molecule has 0 unspecified atom stereocenters. The SMILES string of the molecule is Cc1ccc(N(CC(=O)Nc2ccc(OC(F)(F)F)cc2)S(C)(=O)=O)c(C)c1. The van der Waals surface area contributed by atoms with Gasteiger partial charge in [-0.25, -0.2) is 8.42 Å². The molecule has 0 saturated carbocycles. The smallest absolute Gasteiger partial charge is 0.406 e. The van der Waals surface area contributed by atoms with Crippen LogP contribution in [0.3, 0.4) is 0 Å². The standard InChI is InChI=1S/C18H19F3N2O4S/c1-12-4-9-16(13(2)10-12)23(28(3,25)26)11-17(24)22-14-5-7-15(8-6-14)27-18(19,20)21/h4-10H,11H2,1-3H3,(H,22,24). The van der Waals surface area contributed by atoms with E-state index in [1.807, 2.05) is 6.92 Å². The Morgan fingerprint density at radius 3 is 2.21 bits per heavy atom. The number of sulfonamides is 1. The Morgan fingerprint density at radius 2 is 1.71 bits per heavy atom. The number of nitrogens with zero attached hydrogens (tertiary/aromatic N) is 1. The highest BCUT2D eigenvalue weighted by Gasteiger charge is 2.31. The molecule has 0 aliphatic heterocycles. The number of hydrogen-bond donors (Lipinski definition) is 1. The zero-order valence-corrected chi connectivity index (χ0v) is 16.2. The lowest BCUT2D eigenvalue weighted by Gasteiger charge is -2.24. The van der Waals surface area contributed by atoms with Crippen molar-refractivity contribution in [3.05, 3.63) is 53.6 Å². The third-order valence-electron chi connectivity index (χ3n) is 3.68. The van der Waals surface area contributed by atoms with Gasteiger partial charge in [0.1, 0.15) is 12.3 Å². The molecule has 0 saturated heterocycles. The number of alkyl halides is 3. The summed E-state index contributed by atoms with van der Waals surface area (Å²) in [5.74, 6) is -1.08. The zero-order valence-electron chi connectivity index (χ0n) is 15.4. The fourth-order valence-electron chi connectivity index (χ4n) is 2.54. The second kappa shape index (κ2) is 8.09. The van der Waals surface area contributed by atoms with Gasteiger partial charge >= 0.3 is 6.36 Å². The highest BCUT2D eigenvalue weighted by atomic mass is 32.2. The van der Waals surface area contributed by atoms with Crippen molar-refractivity contribution in [3.63, 3.8) is 0 Å². The number of benzene rings is 2. The number of carbonyl (C=O) groups is 1. The molecule has 0 atom stereocenters. The Bertz CT molecular complexity index is 958. The fourth-order valence-corrected chi connectivity index (χ4v) is 3.45. The minimum absolute atomic E-state index is 0.202. The zero-order chi connectivity index (χ0) is 21.1. The van der Waals surface area contributed by atoms with Crippen molar-refractivity contribution in [2.75, 3.05) is 22.4 Å². The molecule has 0 aliphatic carbocycles. The van der Waals surface area contributed by atoms with Crippen LogP contribution in [0.5, 0.6) is 5.75 Å². The van der Waals surface area contributed by atoms with Crippen molar-refractivity contribution in [1.82, 2.24) is 0 Å². The molecule has 28 heavy (non-hydrogen) atoms. The molecule has 6 nitrogen and oxygen atoms in total. The van der Waals surface area contributed by atoms with Crippen LogP contribution in [0.1, 0.15) is 11.1 Å². The summed E-state index contributed by atoms with van der Waals surface area (Å²) in [7, 11) is -3.74. The van der Waals surface area contributed by atoms with E-state index in [2.05, 4.69) is 10.1 Å². The van der Waals surface area contributed by atoms with Gasteiger partial charge in [-0.05, 0) is 49.7 Å². The number of ether oxygens (including phenoxy) is 1. The molecular formula is C18H19F3N2O4S. The van der Waals surface area contributed by atoms with Crippen LogP contribution in [0, 0.1) is 13.8 Å². The Hall–Kier alpha value is -2.75. The Balaban J connectivity index is 2.14. The van der Waals surface area contributed by atoms with Crippen molar-refractivity contribution in [2.45, 2.75) is 20.2 Å². The first kappa shape index (κ1) is 21.5. The summed E-state index contributed by atoms with van der Waals surface area (Å²) in [6, 6.07) is 9.68. The van der Waals surface area contributed by atoms with Crippen LogP contribution >= 0.6 is 0 Å². The van der Waals surface area contributed by atoms with Gasteiger partial charge in [-0.2, -0.15) is 0 Å².